The van der Waals surface area contributed by atoms with Crippen LogP contribution in [0.1, 0.15) is 29.3 Å². The van der Waals surface area contributed by atoms with E-state index in [1.165, 1.54) is 32.2 Å². The minimum Gasteiger partial charge on any atom is -0.497 e. The normalized spacial score (nSPS) is 19.1. The number of methoxy groups -OCH3 is 1. The Bertz CT molecular complexity index is 945. The molecule has 2 aromatic carbocycles. The molecule has 0 saturated heterocycles. The Kier molecular flexibility index (Phi) is 5.52. The Morgan fingerprint density at radius 1 is 1.21 bits per heavy atom. The first-order chi connectivity index (χ1) is 13.6. The van der Waals surface area contributed by atoms with E-state index in [9.17, 15) is 23.1 Å². The molecule has 1 atom stereocenters. The quantitative estimate of drug-likeness (QED) is 0.818. The summed E-state index contributed by atoms with van der Waals surface area (Å²) in [6, 6.07) is 12.9. The molecular weight excluding hydrogens is 389 g/mol. The summed E-state index contributed by atoms with van der Waals surface area (Å²) in [7, 11) is 1.53. The molecule has 0 fully saturated rings. The molecule has 0 aromatic heterocycles. The van der Waals surface area contributed by atoms with Crippen LogP contribution in [-0.2, 0) is 6.61 Å². The molecule has 1 amide bonds. The van der Waals surface area contributed by atoms with Crippen molar-refractivity contribution in [1.82, 2.24) is 5.01 Å². The Labute approximate surface area is 165 Å². The molecule has 0 bridgehead atoms. The Morgan fingerprint density at radius 2 is 1.90 bits per heavy atom. The van der Waals surface area contributed by atoms with Gasteiger partial charge in [0.15, 0.2) is 0 Å². The molecular formula is C20H19F3N2O4. The number of benzene rings is 2. The van der Waals surface area contributed by atoms with Gasteiger partial charge in [-0.3, -0.25) is 4.79 Å². The molecule has 0 saturated carbocycles. The van der Waals surface area contributed by atoms with Crippen molar-refractivity contribution in [3.63, 3.8) is 0 Å². The number of amides is 1. The number of aliphatic hydroxyl groups is 1. The number of nitrogens with zero attached hydrogens (tertiary/aromatic N) is 2. The fourth-order valence-electron chi connectivity index (χ4n) is 2.93. The lowest BCUT2D eigenvalue weighted by atomic mass is 10.1. The van der Waals surface area contributed by atoms with Crippen molar-refractivity contribution in [2.75, 3.05) is 7.11 Å². The molecule has 6 nitrogen and oxygen atoms in total. The Balaban J connectivity index is 1.79. The van der Waals surface area contributed by atoms with E-state index in [0.29, 0.717) is 17.1 Å². The molecule has 1 heterocycles. The lowest BCUT2D eigenvalue weighted by Gasteiger charge is -2.32. The summed E-state index contributed by atoms with van der Waals surface area (Å²) in [6.07, 6.45) is -5.84. The monoisotopic (exact) mass is 408 g/mol. The second-order valence-electron chi connectivity index (χ2n) is 6.61. The molecule has 3 rings (SSSR count). The summed E-state index contributed by atoms with van der Waals surface area (Å²) >= 11 is 0. The predicted molar refractivity (Wildman–Crippen MR) is 98.7 cm³/mol. The van der Waals surface area contributed by atoms with Crippen molar-refractivity contribution in [2.24, 2.45) is 5.10 Å². The molecule has 29 heavy (non-hydrogen) atoms. The average molecular weight is 408 g/mol. The van der Waals surface area contributed by atoms with Crippen molar-refractivity contribution >= 4 is 11.6 Å². The van der Waals surface area contributed by atoms with E-state index >= 15 is 0 Å². The maximum Gasteiger partial charge on any atom is 0.438 e. The number of halogens is 3. The summed E-state index contributed by atoms with van der Waals surface area (Å²) in [5, 5.41) is 13.8. The predicted octanol–water partition coefficient (Wildman–Crippen LogP) is 3.75. The zero-order valence-corrected chi connectivity index (χ0v) is 15.7. The first-order valence-electron chi connectivity index (χ1n) is 8.67. The zero-order chi connectivity index (χ0) is 21.2. The van der Waals surface area contributed by atoms with E-state index in [0.717, 1.165) is 0 Å². The van der Waals surface area contributed by atoms with Gasteiger partial charge in [0.2, 0.25) is 0 Å². The summed E-state index contributed by atoms with van der Waals surface area (Å²) in [4.78, 5) is 12.7. The molecule has 0 radical (unpaired) electrons. The van der Waals surface area contributed by atoms with Crippen LogP contribution < -0.4 is 9.47 Å². The molecule has 0 spiro atoms. The third-order valence-electron chi connectivity index (χ3n) is 4.39. The number of rotatable bonds is 5. The van der Waals surface area contributed by atoms with E-state index in [4.69, 9.17) is 9.47 Å². The number of hydrogen-bond donors (Lipinski definition) is 1. The number of hydrogen-bond acceptors (Lipinski definition) is 5. The molecule has 1 aliphatic rings. The molecule has 2 aromatic rings. The Hall–Kier alpha value is -3.07. The van der Waals surface area contributed by atoms with Crippen LogP contribution in [0.5, 0.6) is 11.5 Å². The number of carbonyl (C=O) groups excluding carboxylic acids is 1. The summed E-state index contributed by atoms with van der Waals surface area (Å²) in [5.74, 6) is 0.0947. The highest BCUT2D eigenvalue weighted by atomic mass is 19.4. The van der Waals surface area contributed by atoms with Gasteiger partial charge in [0.1, 0.15) is 18.1 Å². The van der Waals surface area contributed by atoms with E-state index in [1.807, 2.05) is 0 Å². The third kappa shape index (κ3) is 4.19. The van der Waals surface area contributed by atoms with Gasteiger partial charge in [-0.1, -0.05) is 18.2 Å². The molecule has 154 valence electrons. The van der Waals surface area contributed by atoms with Crippen LogP contribution in [-0.4, -0.2) is 40.7 Å². The first-order valence-corrected chi connectivity index (χ1v) is 8.67. The van der Waals surface area contributed by atoms with E-state index in [1.54, 1.807) is 30.3 Å². The van der Waals surface area contributed by atoms with E-state index in [2.05, 4.69) is 5.10 Å². The molecule has 0 unspecified atom stereocenters. The van der Waals surface area contributed by atoms with Crippen LogP contribution in [0.2, 0.25) is 0 Å². The van der Waals surface area contributed by atoms with Crippen molar-refractivity contribution in [3.8, 4) is 11.5 Å². The summed E-state index contributed by atoms with van der Waals surface area (Å²) < 4.78 is 50.8. The topological polar surface area (TPSA) is 71.4 Å². The van der Waals surface area contributed by atoms with Crippen LogP contribution in [0, 0.1) is 0 Å². The SMILES string of the molecule is COc1cccc(OCc2cccc(C(=O)N3N=C(C)C[C@@]3(O)C(F)(F)F)c2)c1. The van der Waals surface area contributed by atoms with Gasteiger partial charge in [0.25, 0.3) is 11.6 Å². The summed E-state index contributed by atoms with van der Waals surface area (Å²) in [5.41, 5.74) is -2.83. The first kappa shape index (κ1) is 20.7. The number of alkyl halides is 3. The fourth-order valence-corrected chi connectivity index (χ4v) is 2.93. The molecule has 0 aliphatic carbocycles. The van der Waals surface area contributed by atoms with Crippen LogP contribution in [0.25, 0.3) is 0 Å². The van der Waals surface area contributed by atoms with Crippen LogP contribution >= 0.6 is 0 Å². The van der Waals surface area contributed by atoms with Crippen molar-refractivity contribution in [3.05, 3.63) is 59.7 Å². The molecule has 9 heteroatoms. The number of carbonyl (C=O) groups is 1. The minimum atomic E-state index is -5.04. The summed E-state index contributed by atoms with van der Waals surface area (Å²) in [6.45, 7) is 1.41. The lowest BCUT2D eigenvalue weighted by Crippen LogP contribution is -2.56. The van der Waals surface area contributed by atoms with Gasteiger partial charge in [-0.05, 0) is 36.8 Å². The Morgan fingerprint density at radius 3 is 2.59 bits per heavy atom. The lowest BCUT2D eigenvalue weighted by molar-refractivity contribution is -0.297. The van der Waals surface area contributed by atoms with Crippen molar-refractivity contribution in [2.45, 2.75) is 31.9 Å². The highest BCUT2D eigenvalue weighted by Gasteiger charge is 2.62. The van der Waals surface area contributed by atoms with Crippen molar-refractivity contribution in [1.29, 1.82) is 0 Å². The molecule has 1 N–H and O–H groups in total. The minimum absolute atomic E-state index is 0.00990. The van der Waals surface area contributed by atoms with Gasteiger partial charge in [-0.15, -0.1) is 0 Å². The van der Waals surface area contributed by atoms with Crippen LogP contribution in [0.4, 0.5) is 13.2 Å². The average Bonchev–Trinajstić information content (AvgIpc) is 3.01. The van der Waals surface area contributed by atoms with Gasteiger partial charge >= 0.3 is 6.18 Å². The maximum atomic E-state index is 13.3. The fraction of sp³-hybridized carbons (Fsp3) is 0.300. The maximum absolute atomic E-state index is 13.3. The van der Waals surface area contributed by atoms with Crippen LogP contribution in [0.3, 0.4) is 0 Å². The third-order valence-corrected chi connectivity index (χ3v) is 4.39. The highest BCUT2D eigenvalue weighted by molar-refractivity contribution is 5.98. The van der Waals surface area contributed by atoms with Gasteiger partial charge in [0, 0.05) is 23.8 Å². The smallest absolute Gasteiger partial charge is 0.438 e. The number of ether oxygens (including phenoxy) is 2. The van der Waals surface area contributed by atoms with Gasteiger partial charge in [-0.2, -0.15) is 23.3 Å². The largest absolute Gasteiger partial charge is 0.497 e. The van der Waals surface area contributed by atoms with E-state index < -0.39 is 24.2 Å². The highest BCUT2D eigenvalue weighted by Crippen LogP contribution is 2.40. The van der Waals surface area contributed by atoms with E-state index in [-0.39, 0.29) is 22.9 Å². The van der Waals surface area contributed by atoms with Gasteiger partial charge in [0.05, 0.1) is 7.11 Å². The second-order valence-corrected chi connectivity index (χ2v) is 6.61. The van der Waals surface area contributed by atoms with Crippen LogP contribution in [0.15, 0.2) is 53.6 Å². The number of hydrazone groups is 1. The van der Waals surface area contributed by atoms with Gasteiger partial charge in [-0.25, -0.2) is 0 Å². The molecule has 1 aliphatic heterocycles. The van der Waals surface area contributed by atoms with Crippen molar-refractivity contribution < 1.29 is 32.5 Å². The second kappa shape index (κ2) is 7.75. The zero-order valence-electron chi connectivity index (χ0n) is 15.7. The van der Waals surface area contributed by atoms with Gasteiger partial charge < -0.3 is 14.6 Å². The standard InChI is InChI=1S/C20H19F3N2O4/c1-13-11-19(27,20(21,22)23)25(24-13)18(26)15-6-3-5-14(9-15)12-29-17-8-4-7-16(10-17)28-2/h3-10,27H,11-12H2,1-2H3/t19-/m1/s1.